The monoisotopic (exact) mass is 282 g/mol. The number of halogens is 1. The molecule has 3 heteroatoms. The first-order valence-corrected chi connectivity index (χ1v) is 7.27. The van der Waals surface area contributed by atoms with E-state index in [1.807, 2.05) is 0 Å². The van der Waals surface area contributed by atoms with Crippen LogP contribution in [0.5, 0.6) is 0 Å². The van der Waals surface area contributed by atoms with Crippen molar-refractivity contribution >= 4 is 12.4 Å². The van der Waals surface area contributed by atoms with Crippen molar-refractivity contribution in [1.82, 2.24) is 10.2 Å². The number of rotatable bonds is 5. The first-order chi connectivity index (χ1) is 8.79. The molecule has 1 heterocycles. The summed E-state index contributed by atoms with van der Waals surface area (Å²) in [6.45, 7) is 10.4. The van der Waals surface area contributed by atoms with Crippen LogP contribution < -0.4 is 5.32 Å². The molecule has 0 radical (unpaired) electrons. The van der Waals surface area contributed by atoms with Crippen molar-refractivity contribution < 1.29 is 0 Å². The van der Waals surface area contributed by atoms with Gasteiger partial charge in [-0.2, -0.15) is 0 Å². The van der Waals surface area contributed by atoms with Crippen molar-refractivity contribution in [3.05, 3.63) is 35.4 Å². The van der Waals surface area contributed by atoms with Gasteiger partial charge in [-0.05, 0) is 56.4 Å². The fourth-order valence-electron chi connectivity index (χ4n) is 2.76. The molecule has 0 unspecified atom stereocenters. The Kier molecular flexibility index (Phi) is 7.44. The highest BCUT2D eigenvalue weighted by atomic mass is 35.5. The first-order valence-electron chi connectivity index (χ1n) is 7.27. The number of nitrogens with zero attached hydrogens (tertiary/aromatic N) is 1. The van der Waals surface area contributed by atoms with Gasteiger partial charge in [-0.3, -0.25) is 4.90 Å². The second-order valence-electron chi connectivity index (χ2n) is 5.45. The third kappa shape index (κ3) is 5.13. The van der Waals surface area contributed by atoms with Crippen molar-refractivity contribution in [3.8, 4) is 0 Å². The molecule has 1 aromatic carbocycles. The summed E-state index contributed by atoms with van der Waals surface area (Å²) in [6, 6.07) is 8.76. The molecule has 1 aliphatic rings. The van der Waals surface area contributed by atoms with E-state index in [2.05, 4.69) is 48.3 Å². The van der Waals surface area contributed by atoms with E-state index in [1.165, 1.54) is 43.6 Å². The van der Waals surface area contributed by atoms with Crippen LogP contribution in [-0.2, 0) is 6.54 Å². The molecule has 1 aromatic rings. The molecule has 0 aromatic heterocycles. The molecule has 0 atom stereocenters. The lowest BCUT2D eigenvalue weighted by molar-refractivity contribution is 0.207. The number of nitrogens with one attached hydrogen (secondary N) is 1. The zero-order chi connectivity index (χ0) is 12.8. The largest absolute Gasteiger partial charge is 0.317 e. The molecule has 1 fully saturated rings. The lowest BCUT2D eigenvalue weighted by atomic mass is 9.97. The molecule has 0 saturated carbocycles. The van der Waals surface area contributed by atoms with Crippen molar-refractivity contribution in [2.75, 3.05) is 26.2 Å². The average molecular weight is 283 g/mol. The third-order valence-corrected chi connectivity index (χ3v) is 4.08. The van der Waals surface area contributed by atoms with Gasteiger partial charge in [0.1, 0.15) is 0 Å². The van der Waals surface area contributed by atoms with Gasteiger partial charge >= 0.3 is 0 Å². The van der Waals surface area contributed by atoms with Crippen LogP contribution in [-0.4, -0.2) is 31.1 Å². The molecule has 1 N–H and O–H groups in total. The first kappa shape index (κ1) is 16.5. The van der Waals surface area contributed by atoms with E-state index < -0.39 is 0 Å². The quantitative estimate of drug-likeness (QED) is 0.892. The SMILES string of the molecule is CCN(Cc1ccccc1C)CC1CCNCC1.Cl. The Labute approximate surface area is 124 Å². The maximum Gasteiger partial charge on any atom is 0.0236 e. The van der Waals surface area contributed by atoms with E-state index >= 15 is 0 Å². The topological polar surface area (TPSA) is 15.3 Å². The summed E-state index contributed by atoms with van der Waals surface area (Å²) >= 11 is 0. The van der Waals surface area contributed by atoms with E-state index in [4.69, 9.17) is 0 Å². The second kappa shape index (κ2) is 8.57. The fourth-order valence-corrected chi connectivity index (χ4v) is 2.76. The normalized spacial score (nSPS) is 16.4. The van der Waals surface area contributed by atoms with Crippen molar-refractivity contribution in [3.63, 3.8) is 0 Å². The van der Waals surface area contributed by atoms with Gasteiger partial charge < -0.3 is 5.32 Å². The smallest absolute Gasteiger partial charge is 0.0236 e. The summed E-state index contributed by atoms with van der Waals surface area (Å²) < 4.78 is 0. The zero-order valence-electron chi connectivity index (χ0n) is 12.2. The summed E-state index contributed by atoms with van der Waals surface area (Å²) in [6.07, 6.45) is 2.68. The summed E-state index contributed by atoms with van der Waals surface area (Å²) in [7, 11) is 0. The van der Waals surface area contributed by atoms with Gasteiger partial charge in [0.15, 0.2) is 0 Å². The number of piperidine rings is 1. The van der Waals surface area contributed by atoms with Crippen molar-refractivity contribution in [1.29, 1.82) is 0 Å². The van der Waals surface area contributed by atoms with Gasteiger partial charge in [0, 0.05) is 13.1 Å². The highest BCUT2D eigenvalue weighted by Crippen LogP contribution is 2.16. The van der Waals surface area contributed by atoms with Gasteiger partial charge in [-0.1, -0.05) is 31.2 Å². The van der Waals surface area contributed by atoms with Gasteiger partial charge in [-0.15, -0.1) is 12.4 Å². The standard InChI is InChI=1S/C16H26N2.ClH/c1-3-18(12-15-8-10-17-11-9-15)13-16-7-5-4-6-14(16)2;/h4-7,15,17H,3,8-13H2,1-2H3;1H. The van der Waals surface area contributed by atoms with E-state index in [9.17, 15) is 0 Å². The lowest BCUT2D eigenvalue weighted by Crippen LogP contribution is -2.36. The number of hydrogen-bond acceptors (Lipinski definition) is 2. The summed E-state index contributed by atoms with van der Waals surface area (Å²) in [5.41, 5.74) is 2.90. The van der Waals surface area contributed by atoms with E-state index in [0.29, 0.717) is 0 Å². The Hall–Kier alpha value is -0.570. The maximum absolute atomic E-state index is 3.45. The second-order valence-corrected chi connectivity index (χ2v) is 5.45. The molecule has 19 heavy (non-hydrogen) atoms. The van der Waals surface area contributed by atoms with Gasteiger partial charge in [0.05, 0.1) is 0 Å². The molecular formula is C16H27ClN2. The maximum atomic E-state index is 3.45. The summed E-state index contributed by atoms with van der Waals surface area (Å²) in [5, 5.41) is 3.45. The molecule has 0 amide bonds. The minimum Gasteiger partial charge on any atom is -0.317 e. The van der Waals surface area contributed by atoms with E-state index in [-0.39, 0.29) is 12.4 Å². The van der Waals surface area contributed by atoms with Crippen LogP contribution in [0.1, 0.15) is 30.9 Å². The Bertz CT molecular complexity index is 362. The molecule has 1 aliphatic heterocycles. The Morgan fingerprint density at radius 2 is 1.89 bits per heavy atom. The zero-order valence-corrected chi connectivity index (χ0v) is 13.0. The molecular weight excluding hydrogens is 256 g/mol. The minimum atomic E-state index is 0. The van der Waals surface area contributed by atoms with Crippen LogP contribution in [0, 0.1) is 12.8 Å². The van der Waals surface area contributed by atoms with Gasteiger partial charge in [-0.25, -0.2) is 0 Å². The number of aryl methyl sites for hydroxylation is 1. The lowest BCUT2D eigenvalue weighted by Gasteiger charge is -2.29. The number of benzene rings is 1. The predicted molar refractivity (Wildman–Crippen MR) is 85.0 cm³/mol. The van der Waals surface area contributed by atoms with Crippen LogP contribution in [0.25, 0.3) is 0 Å². The van der Waals surface area contributed by atoms with Crippen LogP contribution in [0.4, 0.5) is 0 Å². The van der Waals surface area contributed by atoms with Crippen molar-refractivity contribution in [2.24, 2.45) is 5.92 Å². The average Bonchev–Trinajstić information content (AvgIpc) is 2.41. The Morgan fingerprint density at radius 1 is 1.21 bits per heavy atom. The van der Waals surface area contributed by atoms with Crippen LogP contribution in [0.2, 0.25) is 0 Å². The van der Waals surface area contributed by atoms with Gasteiger partial charge in [0.2, 0.25) is 0 Å². The van der Waals surface area contributed by atoms with E-state index in [1.54, 1.807) is 0 Å². The fraction of sp³-hybridized carbons (Fsp3) is 0.625. The number of hydrogen-bond donors (Lipinski definition) is 1. The molecule has 0 aliphatic carbocycles. The Morgan fingerprint density at radius 3 is 2.53 bits per heavy atom. The highest BCUT2D eigenvalue weighted by molar-refractivity contribution is 5.85. The summed E-state index contributed by atoms with van der Waals surface area (Å²) in [4.78, 5) is 2.60. The summed E-state index contributed by atoms with van der Waals surface area (Å²) in [5.74, 6) is 0.884. The van der Waals surface area contributed by atoms with Gasteiger partial charge in [0.25, 0.3) is 0 Å². The van der Waals surface area contributed by atoms with Crippen LogP contribution in [0.3, 0.4) is 0 Å². The van der Waals surface area contributed by atoms with Crippen LogP contribution in [0.15, 0.2) is 24.3 Å². The molecule has 1 saturated heterocycles. The highest BCUT2D eigenvalue weighted by Gasteiger charge is 2.16. The van der Waals surface area contributed by atoms with E-state index in [0.717, 1.165) is 19.0 Å². The molecule has 2 nitrogen and oxygen atoms in total. The molecule has 108 valence electrons. The third-order valence-electron chi connectivity index (χ3n) is 4.08. The predicted octanol–water partition coefficient (Wildman–Crippen LogP) is 3.24. The molecule has 0 spiro atoms. The molecule has 0 bridgehead atoms. The molecule has 2 rings (SSSR count). The Balaban J connectivity index is 0.00000180. The van der Waals surface area contributed by atoms with Crippen LogP contribution >= 0.6 is 12.4 Å². The minimum absolute atomic E-state index is 0. The van der Waals surface area contributed by atoms with Crippen molar-refractivity contribution in [2.45, 2.75) is 33.2 Å².